The summed E-state index contributed by atoms with van der Waals surface area (Å²) in [6.07, 6.45) is 6.54. The molecular weight excluding hydrogens is 414 g/mol. The average molecular weight is 450 g/mol. The van der Waals surface area contributed by atoms with Gasteiger partial charge in [-0.05, 0) is 75.1 Å². The van der Waals surface area contributed by atoms with Gasteiger partial charge in [-0.15, -0.1) is 0 Å². The van der Waals surface area contributed by atoms with Crippen LogP contribution in [0.1, 0.15) is 64.8 Å². The van der Waals surface area contributed by atoms with E-state index in [4.69, 9.17) is 4.74 Å². The van der Waals surface area contributed by atoms with Gasteiger partial charge in [0.15, 0.2) is 0 Å². The Kier molecular flexibility index (Phi) is 8.13. The molecule has 2 aromatic carbocycles. The summed E-state index contributed by atoms with van der Waals surface area (Å²) in [4.78, 5) is 28.7. The van der Waals surface area contributed by atoms with Crippen molar-refractivity contribution in [1.29, 1.82) is 0 Å². The molecule has 6 heteroatoms. The Morgan fingerprint density at radius 3 is 2.15 bits per heavy atom. The van der Waals surface area contributed by atoms with E-state index < -0.39 is 0 Å². The number of ether oxygens (including phenoxy) is 1. The molecule has 2 aliphatic rings. The zero-order valence-electron chi connectivity index (χ0n) is 19.6. The van der Waals surface area contributed by atoms with Gasteiger partial charge in [-0.25, -0.2) is 0 Å². The maximum absolute atomic E-state index is 12.4. The van der Waals surface area contributed by atoms with Crippen LogP contribution in [0.25, 0.3) is 0 Å². The molecule has 2 aliphatic heterocycles. The molecule has 0 bridgehead atoms. The lowest BCUT2D eigenvalue weighted by Crippen LogP contribution is -2.42. The molecular formula is C27H35N3O3. The summed E-state index contributed by atoms with van der Waals surface area (Å²) in [5.74, 6) is 0.622. The number of carbonyl (C=O) groups is 2. The second-order valence-electron chi connectivity index (χ2n) is 9.07. The highest BCUT2D eigenvalue weighted by atomic mass is 16.5. The zero-order valence-corrected chi connectivity index (χ0v) is 19.6. The van der Waals surface area contributed by atoms with Crippen molar-refractivity contribution in [3.63, 3.8) is 0 Å². The first kappa shape index (κ1) is 23.5. The minimum absolute atomic E-state index is 0.143. The molecule has 1 N–H and O–H groups in total. The predicted octanol–water partition coefficient (Wildman–Crippen LogP) is 4.11. The second-order valence-corrected chi connectivity index (χ2v) is 9.07. The summed E-state index contributed by atoms with van der Waals surface area (Å²) >= 11 is 0. The van der Waals surface area contributed by atoms with Crippen LogP contribution < -0.4 is 10.1 Å². The van der Waals surface area contributed by atoms with Crippen molar-refractivity contribution in [2.24, 2.45) is 0 Å². The van der Waals surface area contributed by atoms with E-state index in [1.165, 1.54) is 23.3 Å². The summed E-state index contributed by atoms with van der Waals surface area (Å²) in [5.41, 5.74) is 2.42. The smallest absolute Gasteiger partial charge is 0.261 e. The quantitative estimate of drug-likeness (QED) is 0.413. The van der Waals surface area contributed by atoms with Crippen LogP contribution in [-0.2, 0) is 6.54 Å². The molecule has 2 heterocycles. The second kappa shape index (κ2) is 11.4. The van der Waals surface area contributed by atoms with Gasteiger partial charge >= 0.3 is 0 Å². The van der Waals surface area contributed by atoms with E-state index in [1.54, 1.807) is 19.2 Å². The number of unbranched alkanes of at least 4 members (excludes halogenated alkanes) is 3. The molecule has 176 valence electrons. The molecule has 0 radical (unpaired) electrons. The SMILES string of the molecule is COc1ccc(CN2CCC(NCCCCCCN3C(=O)c4ccccc4C3=O)CC2)cc1. The van der Waals surface area contributed by atoms with E-state index in [1.807, 2.05) is 24.3 Å². The van der Waals surface area contributed by atoms with Gasteiger partial charge in [-0.1, -0.05) is 37.1 Å². The maximum atomic E-state index is 12.4. The lowest BCUT2D eigenvalue weighted by molar-refractivity contribution is 0.0651. The van der Waals surface area contributed by atoms with Gasteiger partial charge in [-0.2, -0.15) is 0 Å². The molecule has 0 aromatic heterocycles. The van der Waals surface area contributed by atoms with Crippen LogP contribution in [0.15, 0.2) is 48.5 Å². The molecule has 6 nitrogen and oxygen atoms in total. The minimum atomic E-state index is -0.143. The van der Waals surface area contributed by atoms with Gasteiger partial charge in [-0.3, -0.25) is 19.4 Å². The number of nitrogens with zero attached hydrogens (tertiary/aromatic N) is 2. The van der Waals surface area contributed by atoms with Crippen LogP contribution in [0.4, 0.5) is 0 Å². The number of nitrogens with one attached hydrogen (secondary N) is 1. The predicted molar refractivity (Wildman–Crippen MR) is 130 cm³/mol. The Balaban J connectivity index is 1.05. The molecule has 2 amide bonds. The highest BCUT2D eigenvalue weighted by molar-refractivity contribution is 6.21. The van der Waals surface area contributed by atoms with Crippen molar-refractivity contribution in [3.05, 3.63) is 65.2 Å². The Bertz CT molecular complexity index is 901. The number of benzene rings is 2. The first-order chi connectivity index (χ1) is 16.2. The molecule has 0 unspecified atom stereocenters. The monoisotopic (exact) mass is 449 g/mol. The molecule has 33 heavy (non-hydrogen) atoms. The van der Waals surface area contributed by atoms with Gasteiger partial charge in [0.05, 0.1) is 18.2 Å². The number of piperidine rings is 1. The van der Waals surface area contributed by atoms with E-state index >= 15 is 0 Å². The van der Waals surface area contributed by atoms with Gasteiger partial charge in [0.2, 0.25) is 0 Å². The first-order valence-electron chi connectivity index (χ1n) is 12.2. The molecule has 1 fully saturated rings. The number of carbonyl (C=O) groups excluding carboxylic acids is 2. The fourth-order valence-corrected chi connectivity index (χ4v) is 4.78. The molecule has 2 aromatic rings. The summed E-state index contributed by atoms with van der Waals surface area (Å²) < 4.78 is 5.23. The van der Waals surface area contributed by atoms with E-state index in [0.717, 1.165) is 57.6 Å². The number of imide groups is 1. The van der Waals surface area contributed by atoms with Crippen molar-refractivity contribution >= 4 is 11.8 Å². The Hall–Kier alpha value is -2.70. The summed E-state index contributed by atoms with van der Waals surface area (Å²) in [6, 6.07) is 16.1. The number of fused-ring (bicyclic) bond motifs is 1. The van der Waals surface area contributed by atoms with Crippen molar-refractivity contribution in [2.75, 3.05) is 33.3 Å². The van der Waals surface area contributed by atoms with E-state index in [9.17, 15) is 9.59 Å². The summed E-state index contributed by atoms with van der Waals surface area (Å²) in [7, 11) is 1.70. The number of hydrogen-bond acceptors (Lipinski definition) is 5. The third kappa shape index (κ3) is 6.01. The van der Waals surface area contributed by atoms with Crippen LogP contribution >= 0.6 is 0 Å². The number of likely N-dealkylation sites (tertiary alicyclic amines) is 1. The van der Waals surface area contributed by atoms with Gasteiger partial charge in [0.25, 0.3) is 11.8 Å². The Morgan fingerprint density at radius 1 is 0.879 bits per heavy atom. The number of methoxy groups -OCH3 is 1. The van der Waals surface area contributed by atoms with Gasteiger partial charge in [0, 0.05) is 19.1 Å². The number of amides is 2. The highest BCUT2D eigenvalue weighted by Gasteiger charge is 2.34. The van der Waals surface area contributed by atoms with Gasteiger partial charge < -0.3 is 10.1 Å². The van der Waals surface area contributed by atoms with Gasteiger partial charge in [0.1, 0.15) is 5.75 Å². The lowest BCUT2D eigenvalue weighted by Gasteiger charge is -2.32. The lowest BCUT2D eigenvalue weighted by atomic mass is 10.0. The van der Waals surface area contributed by atoms with Crippen LogP contribution in [0.3, 0.4) is 0 Å². The van der Waals surface area contributed by atoms with E-state index in [2.05, 4.69) is 22.3 Å². The molecule has 0 aliphatic carbocycles. The van der Waals surface area contributed by atoms with Crippen molar-refractivity contribution in [1.82, 2.24) is 15.1 Å². The molecule has 0 saturated carbocycles. The first-order valence-corrected chi connectivity index (χ1v) is 12.2. The van der Waals surface area contributed by atoms with E-state index in [0.29, 0.717) is 23.7 Å². The Morgan fingerprint density at radius 2 is 1.52 bits per heavy atom. The normalized spacial score (nSPS) is 16.9. The third-order valence-corrected chi connectivity index (χ3v) is 6.77. The largest absolute Gasteiger partial charge is 0.497 e. The Labute approximate surface area is 196 Å². The maximum Gasteiger partial charge on any atom is 0.261 e. The van der Waals surface area contributed by atoms with Crippen molar-refractivity contribution in [3.8, 4) is 5.75 Å². The summed E-state index contributed by atoms with van der Waals surface area (Å²) in [5, 5.41) is 3.72. The fraction of sp³-hybridized carbons (Fsp3) is 0.481. The number of hydrogen-bond donors (Lipinski definition) is 1. The molecule has 4 rings (SSSR count). The highest BCUT2D eigenvalue weighted by Crippen LogP contribution is 2.23. The molecule has 0 spiro atoms. The average Bonchev–Trinajstić information content (AvgIpc) is 3.10. The molecule has 1 saturated heterocycles. The van der Waals surface area contributed by atoms with Crippen LogP contribution in [0, 0.1) is 0 Å². The zero-order chi connectivity index (χ0) is 23.0. The number of rotatable bonds is 11. The van der Waals surface area contributed by atoms with Crippen LogP contribution in [0.2, 0.25) is 0 Å². The summed E-state index contributed by atoms with van der Waals surface area (Å²) in [6.45, 7) is 4.82. The minimum Gasteiger partial charge on any atom is -0.497 e. The van der Waals surface area contributed by atoms with Crippen LogP contribution in [0.5, 0.6) is 5.75 Å². The standard InChI is InChI=1S/C27H35N3O3/c1-33-23-12-10-21(11-13-23)20-29-18-14-22(15-19-29)28-16-6-2-3-7-17-30-26(31)24-8-4-5-9-25(24)27(30)32/h4-5,8-13,22,28H,2-3,6-7,14-20H2,1H3. The topological polar surface area (TPSA) is 61.9 Å². The van der Waals surface area contributed by atoms with E-state index in [-0.39, 0.29) is 11.8 Å². The van der Waals surface area contributed by atoms with Crippen molar-refractivity contribution in [2.45, 2.75) is 51.1 Å². The van der Waals surface area contributed by atoms with Crippen LogP contribution in [-0.4, -0.2) is 60.9 Å². The van der Waals surface area contributed by atoms with Crippen molar-refractivity contribution < 1.29 is 14.3 Å². The molecule has 0 atom stereocenters. The fourth-order valence-electron chi connectivity index (χ4n) is 4.78. The third-order valence-electron chi connectivity index (χ3n) is 6.77.